The number of nitrogens with zero attached hydrogens (tertiary/aromatic N) is 2. The van der Waals surface area contributed by atoms with E-state index in [-0.39, 0.29) is 0 Å². The lowest BCUT2D eigenvalue weighted by molar-refractivity contribution is -0.113. The highest BCUT2D eigenvalue weighted by molar-refractivity contribution is 6.31. The van der Waals surface area contributed by atoms with Gasteiger partial charge in [0.05, 0.1) is 21.9 Å². The van der Waals surface area contributed by atoms with E-state index in [0.29, 0.717) is 10.7 Å². The van der Waals surface area contributed by atoms with Crippen LogP contribution >= 0.6 is 11.6 Å². The molecular weight excluding hydrogens is 524 g/mol. The SMILES string of the molecule is Cc1c(Cl)cn2c(-c3ccccc3)c(-c3ccc(C4(NC(=O)OC(C)(C)C)CCC4)cc3)nc2c1C=CC(N)=O. The molecule has 7 nitrogen and oxygen atoms in total. The number of pyridine rings is 1. The van der Waals surface area contributed by atoms with Crippen LogP contribution in [0.2, 0.25) is 5.02 Å². The quantitative estimate of drug-likeness (QED) is 0.249. The molecule has 2 aromatic heterocycles. The van der Waals surface area contributed by atoms with Crippen LogP contribution in [0.3, 0.4) is 0 Å². The lowest BCUT2D eigenvalue weighted by Crippen LogP contribution is -2.52. The number of imidazole rings is 1. The average molecular weight is 557 g/mol. The second-order valence-electron chi connectivity index (χ2n) is 11.3. The van der Waals surface area contributed by atoms with E-state index in [1.165, 1.54) is 6.08 Å². The van der Waals surface area contributed by atoms with Crippen molar-refractivity contribution in [3.63, 3.8) is 0 Å². The summed E-state index contributed by atoms with van der Waals surface area (Å²) in [5.41, 5.74) is 11.1. The fourth-order valence-electron chi connectivity index (χ4n) is 5.16. The van der Waals surface area contributed by atoms with Gasteiger partial charge in [-0.05, 0) is 64.2 Å². The Balaban J connectivity index is 1.61. The van der Waals surface area contributed by atoms with E-state index in [2.05, 4.69) is 17.4 Å². The number of primary amides is 1. The van der Waals surface area contributed by atoms with Crippen molar-refractivity contribution in [3.05, 3.63) is 88.6 Å². The van der Waals surface area contributed by atoms with Gasteiger partial charge in [-0.15, -0.1) is 0 Å². The molecule has 2 amide bonds. The zero-order chi connectivity index (χ0) is 28.7. The first-order chi connectivity index (χ1) is 19.0. The number of carbonyl (C=O) groups is 2. The smallest absolute Gasteiger partial charge is 0.408 e. The van der Waals surface area contributed by atoms with Gasteiger partial charge in [-0.25, -0.2) is 9.78 Å². The summed E-state index contributed by atoms with van der Waals surface area (Å²) in [5.74, 6) is -0.548. The van der Waals surface area contributed by atoms with Crippen molar-refractivity contribution in [2.75, 3.05) is 0 Å². The molecule has 206 valence electrons. The predicted octanol–water partition coefficient (Wildman–Crippen LogP) is 7.03. The number of carbonyl (C=O) groups excluding carboxylic acids is 2. The molecule has 2 aromatic carbocycles. The van der Waals surface area contributed by atoms with Crippen molar-refractivity contribution in [1.29, 1.82) is 0 Å². The fraction of sp³-hybridized carbons (Fsp3) is 0.281. The van der Waals surface area contributed by atoms with Crippen LogP contribution in [-0.2, 0) is 15.1 Å². The molecule has 40 heavy (non-hydrogen) atoms. The van der Waals surface area contributed by atoms with Gasteiger partial charge in [0.2, 0.25) is 5.91 Å². The highest BCUT2D eigenvalue weighted by Gasteiger charge is 2.41. The number of nitrogens with two attached hydrogens (primary N) is 1. The molecule has 0 bridgehead atoms. The number of halogens is 1. The van der Waals surface area contributed by atoms with Crippen LogP contribution in [0, 0.1) is 6.92 Å². The molecule has 0 radical (unpaired) electrons. The number of nitrogens with one attached hydrogen (secondary N) is 1. The van der Waals surface area contributed by atoms with Crippen molar-refractivity contribution >= 4 is 35.3 Å². The molecule has 8 heteroatoms. The van der Waals surface area contributed by atoms with E-state index in [1.807, 2.05) is 80.8 Å². The Morgan fingerprint density at radius 2 is 1.75 bits per heavy atom. The van der Waals surface area contributed by atoms with Crippen molar-refractivity contribution in [2.24, 2.45) is 5.73 Å². The predicted molar refractivity (Wildman–Crippen MR) is 159 cm³/mol. The molecule has 3 N–H and O–H groups in total. The second kappa shape index (κ2) is 10.5. The maximum absolute atomic E-state index is 12.6. The van der Waals surface area contributed by atoms with E-state index < -0.39 is 23.1 Å². The number of alkyl carbamates (subject to hydrolysis) is 1. The van der Waals surface area contributed by atoms with Crippen LogP contribution in [0.4, 0.5) is 4.79 Å². The van der Waals surface area contributed by atoms with Crippen LogP contribution in [-0.4, -0.2) is 27.0 Å². The van der Waals surface area contributed by atoms with Crippen LogP contribution in [0.1, 0.15) is 56.7 Å². The standard InChI is InChI=1S/C32H33ClN4O3/c1-20-24(15-16-26(34)38)29-35-27(28(37(29)19-25(20)33)22-9-6-5-7-10-22)21-11-13-23(14-12-21)32(17-8-18-32)36-30(39)40-31(2,3)4/h5-7,9-16,19H,8,17-18H2,1-4H3,(H2,34,38)(H,36,39). The summed E-state index contributed by atoms with van der Waals surface area (Å²) < 4.78 is 7.50. The van der Waals surface area contributed by atoms with Crippen molar-refractivity contribution in [2.45, 2.75) is 58.1 Å². The summed E-state index contributed by atoms with van der Waals surface area (Å²) in [6.45, 7) is 7.47. The Morgan fingerprint density at radius 3 is 2.33 bits per heavy atom. The van der Waals surface area contributed by atoms with Crippen LogP contribution in [0.5, 0.6) is 0 Å². The fourth-order valence-corrected chi connectivity index (χ4v) is 5.35. The number of amides is 2. The van der Waals surface area contributed by atoms with E-state index in [4.69, 9.17) is 27.1 Å². The summed E-state index contributed by atoms with van der Waals surface area (Å²) >= 11 is 6.65. The minimum Gasteiger partial charge on any atom is -0.444 e. The van der Waals surface area contributed by atoms with Crippen LogP contribution in [0.25, 0.3) is 34.2 Å². The molecule has 0 aliphatic heterocycles. The lowest BCUT2D eigenvalue weighted by atomic mass is 9.71. The zero-order valence-electron chi connectivity index (χ0n) is 23.1. The van der Waals surface area contributed by atoms with Crippen molar-refractivity contribution in [1.82, 2.24) is 14.7 Å². The Labute approximate surface area is 239 Å². The summed E-state index contributed by atoms with van der Waals surface area (Å²) in [6, 6.07) is 18.2. The molecule has 0 unspecified atom stereocenters. The first-order valence-electron chi connectivity index (χ1n) is 13.3. The van der Waals surface area contributed by atoms with Gasteiger partial charge in [-0.3, -0.25) is 9.20 Å². The highest BCUT2D eigenvalue weighted by atomic mass is 35.5. The molecule has 2 heterocycles. The number of aromatic nitrogens is 2. The maximum atomic E-state index is 12.6. The van der Waals surface area contributed by atoms with Gasteiger partial charge in [0.1, 0.15) is 11.2 Å². The molecule has 1 aliphatic rings. The number of hydrogen-bond donors (Lipinski definition) is 2. The number of rotatable bonds is 6. The molecule has 0 saturated heterocycles. The minimum atomic E-state index is -0.567. The Hall–Kier alpha value is -4.10. The third-order valence-electron chi connectivity index (χ3n) is 7.28. The van der Waals surface area contributed by atoms with Crippen molar-refractivity contribution < 1.29 is 14.3 Å². The Bertz CT molecular complexity index is 1610. The molecule has 5 rings (SSSR count). The summed E-state index contributed by atoms with van der Waals surface area (Å²) in [4.78, 5) is 29.2. The van der Waals surface area contributed by atoms with E-state index in [1.54, 1.807) is 6.08 Å². The number of hydrogen-bond acceptors (Lipinski definition) is 4. The van der Waals surface area contributed by atoms with Gasteiger partial charge in [-0.2, -0.15) is 0 Å². The summed E-state index contributed by atoms with van der Waals surface area (Å²) in [6.07, 6.45) is 7.16. The topological polar surface area (TPSA) is 98.7 Å². The second-order valence-corrected chi connectivity index (χ2v) is 11.7. The van der Waals surface area contributed by atoms with E-state index >= 15 is 0 Å². The average Bonchev–Trinajstić information content (AvgIpc) is 3.25. The first kappa shape index (κ1) is 27.5. The molecule has 0 spiro atoms. The van der Waals surface area contributed by atoms with Gasteiger partial charge in [-0.1, -0.05) is 66.2 Å². The van der Waals surface area contributed by atoms with Gasteiger partial charge in [0.15, 0.2) is 0 Å². The number of fused-ring (bicyclic) bond motifs is 1. The monoisotopic (exact) mass is 556 g/mol. The lowest BCUT2D eigenvalue weighted by Gasteiger charge is -2.43. The Morgan fingerprint density at radius 1 is 1.07 bits per heavy atom. The number of ether oxygens (including phenoxy) is 1. The van der Waals surface area contributed by atoms with Gasteiger partial charge < -0.3 is 15.8 Å². The third kappa shape index (κ3) is 5.34. The minimum absolute atomic E-state index is 0.410. The zero-order valence-corrected chi connectivity index (χ0v) is 23.9. The third-order valence-corrected chi connectivity index (χ3v) is 7.66. The van der Waals surface area contributed by atoms with Gasteiger partial charge >= 0.3 is 6.09 Å². The molecule has 4 aromatic rings. The van der Waals surface area contributed by atoms with Crippen LogP contribution in [0.15, 0.2) is 66.9 Å². The van der Waals surface area contributed by atoms with E-state index in [0.717, 1.165) is 58.5 Å². The van der Waals surface area contributed by atoms with Crippen LogP contribution < -0.4 is 11.1 Å². The van der Waals surface area contributed by atoms with E-state index in [9.17, 15) is 9.59 Å². The molecule has 0 atom stereocenters. The first-order valence-corrected chi connectivity index (χ1v) is 13.7. The molecule has 1 aliphatic carbocycles. The van der Waals surface area contributed by atoms with Gasteiger partial charge in [0, 0.05) is 29.0 Å². The Kier molecular flexibility index (Phi) is 7.19. The van der Waals surface area contributed by atoms with Crippen molar-refractivity contribution in [3.8, 4) is 22.5 Å². The largest absolute Gasteiger partial charge is 0.444 e. The molecule has 1 saturated carbocycles. The number of benzene rings is 2. The summed E-state index contributed by atoms with van der Waals surface area (Å²) in [5, 5.41) is 3.67. The molecule has 1 fully saturated rings. The molecular formula is C32H33ClN4O3. The summed E-state index contributed by atoms with van der Waals surface area (Å²) in [7, 11) is 0. The maximum Gasteiger partial charge on any atom is 0.408 e. The highest BCUT2D eigenvalue weighted by Crippen LogP contribution is 2.43. The van der Waals surface area contributed by atoms with Gasteiger partial charge in [0.25, 0.3) is 0 Å². The normalized spacial score (nSPS) is 14.7.